The summed E-state index contributed by atoms with van der Waals surface area (Å²) in [6.07, 6.45) is 18.4. The summed E-state index contributed by atoms with van der Waals surface area (Å²) in [6, 6.07) is 96.2. The monoisotopic (exact) mass is 1740 g/mol. The molecule has 8 heteroatoms. The molecule has 131 heavy (non-hydrogen) atoms. The molecule has 0 spiro atoms. The van der Waals surface area contributed by atoms with Crippen LogP contribution in [0.25, 0.3) is 133 Å². The fraction of sp³-hybridized carbons (Fsp3) is 0.285. The largest absolute Gasteiger partial charge is 0.422 e. The molecular weight excluding hydrogens is 1610 g/mol. The molecule has 0 amide bonds. The molecule has 0 unspecified atom stereocenters. The van der Waals surface area contributed by atoms with Crippen LogP contribution >= 0.6 is 0 Å². The molecule has 0 saturated heterocycles. The van der Waals surface area contributed by atoms with Crippen LogP contribution in [0, 0.1) is 0 Å². The maximum atomic E-state index is 12.7. The zero-order valence-corrected chi connectivity index (χ0v) is 80.5. The van der Waals surface area contributed by atoms with Crippen molar-refractivity contribution in [2.75, 3.05) is 0 Å². The third-order valence-electron chi connectivity index (χ3n) is 25.3. The Hall–Kier alpha value is -13.0. The third kappa shape index (κ3) is 23.8. The Morgan fingerprint density at radius 1 is 0.191 bits per heavy atom. The van der Waals surface area contributed by atoms with Crippen molar-refractivity contribution in [3.8, 4) is 77.9 Å². The zero-order chi connectivity index (χ0) is 93.2. The number of hydrogen-bond acceptors (Lipinski definition) is 8. The van der Waals surface area contributed by atoms with Gasteiger partial charge < -0.3 is 17.7 Å². The number of rotatable bonds is 25. The topological polar surface area (TPSA) is 121 Å². The van der Waals surface area contributed by atoms with Crippen LogP contribution in [0.2, 0.25) is 0 Å². The van der Waals surface area contributed by atoms with E-state index >= 15 is 0 Å². The Kier molecular flexibility index (Phi) is 34.8. The third-order valence-corrected chi connectivity index (χ3v) is 25.3. The van der Waals surface area contributed by atoms with Gasteiger partial charge in [-0.25, -0.2) is 19.2 Å². The van der Waals surface area contributed by atoms with Crippen LogP contribution in [-0.4, -0.2) is 0 Å². The van der Waals surface area contributed by atoms with Crippen molar-refractivity contribution in [2.45, 2.75) is 233 Å². The van der Waals surface area contributed by atoms with E-state index in [1.54, 1.807) is 0 Å². The Morgan fingerprint density at radius 2 is 0.527 bits per heavy atom. The molecule has 17 aromatic rings. The van der Waals surface area contributed by atoms with Crippen LogP contribution in [-0.2, 0) is 96.3 Å². The van der Waals surface area contributed by atoms with Gasteiger partial charge in [0, 0.05) is 21.5 Å². The van der Waals surface area contributed by atoms with E-state index in [-0.39, 0.29) is 22.5 Å². The van der Waals surface area contributed by atoms with Gasteiger partial charge >= 0.3 is 22.5 Å². The van der Waals surface area contributed by atoms with Crippen molar-refractivity contribution < 1.29 is 17.7 Å². The molecule has 4 aromatic heterocycles. The Morgan fingerprint density at radius 3 is 0.969 bits per heavy atom. The molecule has 0 aliphatic heterocycles. The lowest BCUT2D eigenvalue weighted by atomic mass is 9.92. The normalized spacial score (nSPS) is 11.0. The van der Waals surface area contributed by atoms with Gasteiger partial charge in [-0.1, -0.05) is 337 Å². The van der Waals surface area contributed by atoms with E-state index in [0.29, 0.717) is 33.4 Å². The summed E-state index contributed by atoms with van der Waals surface area (Å²) in [4.78, 5) is 50.0. The lowest BCUT2D eigenvalue weighted by Crippen LogP contribution is -2.05. The molecule has 17 rings (SSSR count). The van der Waals surface area contributed by atoms with Crippen LogP contribution in [0.1, 0.15) is 220 Å². The molecular formula is C123H132O8. The van der Waals surface area contributed by atoms with Gasteiger partial charge in [-0.2, -0.15) is 0 Å². The van der Waals surface area contributed by atoms with Crippen molar-refractivity contribution in [2.24, 2.45) is 0 Å². The van der Waals surface area contributed by atoms with Gasteiger partial charge in [0.25, 0.3) is 0 Å². The van der Waals surface area contributed by atoms with E-state index in [1.165, 1.54) is 130 Å². The van der Waals surface area contributed by atoms with E-state index in [1.807, 2.05) is 92.7 Å². The van der Waals surface area contributed by atoms with Gasteiger partial charge in [0.1, 0.15) is 22.3 Å². The predicted octanol–water partition coefficient (Wildman–Crippen LogP) is 32.3. The average molecular weight is 1740 g/mol. The SMILES string of the molecule is CC.CCCc1ccc(-c2cc(-c3ccc(CCC)cc3)cc(-c3ccc(CCC)cc3)c2)cc1.CCc1ccc(-c2cc3c(CC)cc(CC)cc3oc2=O)cc1.CCc1ccc(-c2cc3cc(CC)cc(CC)c3oc2=O)cc1.CCc1ccc(-c2cc3ccc(CC)c(CC)c3oc2=O)cc1.CCc1ccc2cc(-c3cc4cc(CC)c(CC)cc4oc3=O)ccc2c1. The highest BCUT2D eigenvalue weighted by atomic mass is 16.4. The Balaban J connectivity index is 0.000000148. The quantitative estimate of drug-likeness (QED) is 0.0519. The molecule has 13 aromatic carbocycles. The van der Waals surface area contributed by atoms with Gasteiger partial charge in [-0.15, -0.1) is 0 Å². The van der Waals surface area contributed by atoms with Crippen molar-refractivity contribution in [1.82, 2.24) is 0 Å². The lowest BCUT2D eigenvalue weighted by Gasteiger charge is -2.13. The highest BCUT2D eigenvalue weighted by molar-refractivity contribution is 5.92. The highest BCUT2D eigenvalue weighted by Gasteiger charge is 2.19. The first kappa shape index (κ1) is 97.0. The molecule has 0 aliphatic carbocycles. The van der Waals surface area contributed by atoms with E-state index in [9.17, 15) is 19.2 Å². The molecule has 4 heterocycles. The minimum Gasteiger partial charge on any atom is -0.422 e. The summed E-state index contributed by atoms with van der Waals surface area (Å²) >= 11 is 0. The van der Waals surface area contributed by atoms with Crippen molar-refractivity contribution in [1.29, 1.82) is 0 Å². The second-order valence-electron chi connectivity index (χ2n) is 33.8. The molecule has 0 saturated carbocycles. The summed E-state index contributed by atoms with van der Waals surface area (Å²) in [7, 11) is 0. The van der Waals surface area contributed by atoms with Gasteiger partial charge in [0.2, 0.25) is 0 Å². The summed E-state index contributed by atoms with van der Waals surface area (Å²) in [6.45, 7) is 36.2. The highest BCUT2D eigenvalue weighted by Crippen LogP contribution is 2.37. The molecule has 0 atom stereocenters. The standard InChI is InChI=1S/C33H36.C25H24O2.3C21H22O2.C2H6/c1-4-7-25-10-16-28(17-11-25)31-22-32(29-18-12-26(8-5-2)13-19-29)24-33(23-31)30-20-14-27(9-6-3)15-21-30;1-4-16-7-8-20-13-21(10-9-19(20)11-16)23-14-22-12-17(5-2)18(6-3)15-24(22)27-25(23)26;1-4-14-7-9-17(10-8-14)19-13-18-16(6-3)11-15(5-2)12-20(18)23-21(19)22;1-4-14-7-9-17(10-8-14)19-13-18-12-15(5-2)11-16(6-3)20(18)23-21(19)22;1-4-14-7-9-16(10-8-14)19-13-17-12-11-15(5-2)18(6-3)20(17)23-21(19)22;1-2/h10-24H,4-9H2,1-3H3;7-15H,4-6H2,1-3H3;3*7-13H,4-6H2,1-3H3;1-2H3. The van der Waals surface area contributed by atoms with Crippen LogP contribution < -0.4 is 22.5 Å². The first-order valence-electron chi connectivity index (χ1n) is 48.4. The predicted molar refractivity (Wildman–Crippen MR) is 558 cm³/mol. The molecule has 0 bridgehead atoms. The Bertz CT molecular complexity index is 6790. The fourth-order valence-electron chi connectivity index (χ4n) is 17.4. The maximum Gasteiger partial charge on any atom is 0.344 e. The molecule has 0 fully saturated rings. The molecule has 672 valence electrons. The minimum atomic E-state index is -0.279. The zero-order valence-electron chi connectivity index (χ0n) is 80.5. The number of benzene rings is 13. The van der Waals surface area contributed by atoms with Gasteiger partial charge in [-0.05, 0) is 319 Å². The Labute approximate surface area is 776 Å². The number of fused-ring (bicyclic) bond motifs is 5. The number of hydrogen-bond donors (Lipinski definition) is 0. The minimum absolute atomic E-state index is 0.260. The van der Waals surface area contributed by atoms with Crippen LogP contribution in [0.15, 0.2) is 310 Å². The van der Waals surface area contributed by atoms with Crippen LogP contribution in [0.3, 0.4) is 0 Å². The lowest BCUT2D eigenvalue weighted by molar-refractivity contribution is 0.559. The van der Waals surface area contributed by atoms with E-state index in [4.69, 9.17) is 17.7 Å². The fourth-order valence-corrected chi connectivity index (χ4v) is 17.4. The first-order valence-corrected chi connectivity index (χ1v) is 48.4. The van der Waals surface area contributed by atoms with Crippen molar-refractivity contribution >= 4 is 54.6 Å². The summed E-state index contributed by atoms with van der Waals surface area (Å²) in [5.74, 6) is 0. The van der Waals surface area contributed by atoms with Gasteiger partial charge in [-0.3, -0.25) is 0 Å². The average Bonchev–Trinajstić information content (AvgIpc) is 0.783. The second-order valence-corrected chi connectivity index (χ2v) is 33.8. The second kappa shape index (κ2) is 47.0. The van der Waals surface area contributed by atoms with Crippen molar-refractivity contribution in [3.05, 3.63) is 398 Å². The van der Waals surface area contributed by atoms with Gasteiger partial charge in [0.15, 0.2) is 0 Å². The van der Waals surface area contributed by atoms with E-state index in [0.717, 1.165) is 168 Å². The maximum absolute atomic E-state index is 12.7. The summed E-state index contributed by atoms with van der Waals surface area (Å²) < 4.78 is 22.7. The first-order chi connectivity index (χ1) is 63.8. The molecule has 0 aliphatic rings. The van der Waals surface area contributed by atoms with Crippen LogP contribution in [0.4, 0.5) is 0 Å². The molecule has 8 nitrogen and oxygen atoms in total. The van der Waals surface area contributed by atoms with E-state index < -0.39 is 0 Å². The molecule has 0 N–H and O–H groups in total. The van der Waals surface area contributed by atoms with Crippen molar-refractivity contribution in [3.63, 3.8) is 0 Å². The smallest absolute Gasteiger partial charge is 0.344 e. The summed E-state index contributed by atoms with van der Waals surface area (Å²) in [5.41, 5.74) is 34.7. The van der Waals surface area contributed by atoms with E-state index in [2.05, 4.69) is 298 Å². The van der Waals surface area contributed by atoms with Gasteiger partial charge in [0.05, 0.1) is 22.3 Å². The van der Waals surface area contributed by atoms with Crippen LogP contribution in [0.5, 0.6) is 0 Å². The molecule has 0 radical (unpaired) electrons. The number of aryl methyl sites for hydroxylation is 15. The summed E-state index contributed by atoms with van der Waals surface area (Å²) in [5, 5.41) is 6.37.